The maximum absolute atomic E-state index is 12.2. The number of nitrogens with two attached hydrogens (primary N) is 1. The molecule has 0 saturated heterocycles. The van der Waals surface area contributed by atoms with Gasteiger partial charge in [0.1, 0.15) is 0 Å². The highest BCUT2D eigenvalue weighted by atomic mass is 32.1. The molecule has 1 saturated carbocycles. The fourth-order valence-electron chi connectivity index (χ4n) is 2.43. The molecule has 88 valence electrons. The molecule has 1 aliphatic carbocycles. The van der Waals surface area contributed by atoms with Gasteiger partial charge in [-0.15, -0.1) is 11.3 Å². The average molecular weight is 237 g/mol. The summed E-state index contributed by atoms with van der Waals surface area (Å²) >= 11 is 1.62. The van der Waals surface area contributed by atoms with Crippen LogP contribution in [0, 0.1) is 18.8 Å². The van der Waals surface area contributed by atoms with E-state index in [0.717, 1.165) is 37.1 Å². The quantitative estimate of drug-likeness (QED) is 0.821. The first-order chi connectivity index (χ1) is 7.70. The lowest BCUT2D eigenvalue weighted by atomic mass is 9.80. The lowest BCUT2D eigenvalue weighted by Crippen LogP contribution is -2.25. The Hall–Kier alpha value is -0.670. The number of carbonyl (C=O) groups excluding carboxylic acids is 1. The van der Waals surface area contributed by atoms with Crippen molar-refractivity contribution in [1.29, 1.82) is 0 Å². The van der Waals surface area contributed by atoms with E-state index in [1.165, 1.54) is 4.88 Å². The third kappa shape index (κ3) is 2.53. The minimum Gasteiger partial charge on any atom is -0.330 e. The van der Waals surface area contributed by atoms with Gasteiger partial charge in [-0.2, -0.15) is 0 Å². The summed E-state index contributed by atoms with van der Waals surface area (Å²) in [6, 6.07) is 4.00. The van der Waals surface area contributed by atoms with Gasteiger partial charge in [-0.1, -0.05) is 0 Å². The van der Waals surface area contributed by atoms with Crippen LogP contribution in [0.15, 0.2) is 12.1 Å². The first kappa shape index (κ1) is 11.8. The van der Waals surface area contributed by atoms with Gasteiger partial charge in [0.15, 0.2) is 5.78 Å². The van der Waals surface area contributed by atoms with Gasteiger partial charge >= 0.3 is 0 Å². The maximum atomic E-state index is 12.2. The van der Waals surface area contributed by atoms with Crippen LogP contribution >= 0.6 is 11.3 Å². The van der Waals surface area contributed by atoms with E-state index in [4.69, 9.17) is 5.73 Å². The summed E-state index contributed by atoms with van der Waals surface area (Å²) in [5.41, 5.74) is 5.66. The van der Waals surface area contributed by atoms with Crippen molar-refractivity contribution in [1.82, 2.24) is 0 Å². The normalized spacial score (nSPS) is 25.6. The van der Waals surface area contributed by atoms with Gasteiger partial charge < -0.3 is 5.73 Å². The molecule has 0 amide bonds. The second-order valence-electron chi connectivity index (χ2n) is 4.73. The number of Topliss-reactive ketones (excluding diaryl/α,β-unsaturated/α-hetero) is 1. The molecule has 1 aromatic rings. The van der Waals surface area contributed by atoms with Crippen molar-refractivity contribution in [3.8, 4) is 0 Å². The van der Waals surface area contributed by atoms with Crippen LogP contribution in [0.3, 0.4) is 0 Å². The van der Waals surface area contributed by atoms with Gasteiger partial charge in [-0.05, 0) is 57.2 Å². The van der Waals surface area contributed by atoms with Gasteiger partial charge in [-0.3, -0.25) is 4.79 Å². The van der Waals surface area contributed by atoms with Crippen LogP contribution in [-0.2, 0) is 0 Å². The number of carbonyl (C=O) groups is 1. The first-order valence-corrected chi connectivity index (χ1v) is 6.83. The molecule has 0 bridgehead atoms. The Labute approximate surface area is 101 Å². The van der Waals surface area contributed by atoms with Gasteiger partial charge in [0.05, 0.1) is 4.88 Å². The molecule has 1 aliphatic rings. The molecule has 1 fully saturated rings. The van der Waals surface area contributed by atoms with Crippen LogP contribution in [-0.4, -0.2) is 12.3 Å². The molecule has 3 heteroatoms. The van der Waals surface area contributed by atoms with E-state index in [1.54, 1.807) is 11.3 Å². The monoisotopic (exact) mass is 237 g/mol. The van der Waals surface area contributed by atoms with E-state index >= 15 is 0 Å². The van der Waals surface area contributed by atoms with Gasteiger partial charge in [0, 0.05) is 10.8 Å². The summed E-state index contributed by atoms with van der Waals surface area (Å²) in [4.78, 5) is 14.3. The molecule has 0 aromatic carbocycles. The molecule has 0 spiro atoms. The zero-order chi connectivity index (χ0) is 11.5. The van der Waals surface area contributed by atoms with Crippen LogP contribution in [0.4, 0.5) is 0 Å². The molecule has 16 heavy (non-hydrogen) atoms. The molecule has 2 nitrogen and oxygen atoms in total. The largest absolute Gasteiger partial charge is 0.330 e. The summed E-state index contributed by atoms with van der Waals surface area (Å²) in [5.74, 6) is 1.25. The van der Waals surface area contributed by atoms with E-state index in [9.17, 15) is 4.79 Å². The van der Waals surface area contributed by atoms with Crippen molar-refractivity contribution in [2.75, 3.05) is 6.54 Å². The van der Waals surface area contributed by atoms with Crippen molar-refractivity contribution in [3.63, 3.8) is 0 Å². The molecular formula is C13H19NOS. The molecule has 2 N–H and O–H groups in total. The van der Waals surface area contributed by atoms with Crippen LogP contribution in [0.25, 0.3) is 0 Å². The van der Waals surface area contributed by atoms with Crippen molar-refractivity contribution >= 4 is 17.1 Å². The first-order valence-electron chi connectivity index (χ1n) is 6.01. The fourth-order valence-corrected chi connectivity index (χ4v) is 3.31. The number of hydrogen-bond acceptors (Lipinski definition) is 3. The van der Waals surface area contributed by atoms with Crippen molar-refractivity contribution < 1.29 is 4.79 Å². The summed E-state index contributed by atoms with van der Waals surface area (Å²) in [5, 5.41) is 0. The minimum absolute atomic E-state index is 0.251. The third-order valence-corrected chi connectivity index (χ3v) is 4.55. The summed E-state index contributed by atoms with van der Waals surface area (Å²) < 4.78 is 0. The maximum Gasteiger partial charge on any atom is 0.175 e. The summed E-state index contributed by atoms with van der Waals surface area (Å²) in [7, 11) is 0. The zero-order valence-electron chi connectivity index (χ0n) is 9.74. The SMILES string of the molecule is Cc1ccc(C(=O)C2CCC(CN)CC2)s1. The van der Waals surface area contributed by atoms with Crippen molar-refractivity contribution in [3.05, 3.63) is 21.9 Å². The van der Waals surface area contributed by atoms with Crippen LogP contribution < -0.4 is 5.73 Å². The Bertz CT molecular complexity index is 364. The third-order valence-electron chi connectivity index (χ3n) is 3.53. The Morgan fingerprint density at radius 3 is 2.56 bits per heavy atom. The number of ketones is 1. The van der Waals surface area contributed by atoms with E-state index in [-0.39, 0.29) is 5.92 Å². The van der Waals surface area contributed by atoms with E-state index < -0.39 is 0 Å². The Morgan fingerprint density at radius 1 is 1.38 bits per heavy atom. The second-order valence-corrected chi connectivity index (χ2v) is 6.02. The van der Waals surface area contributed by atoms with Gasteiger partial charge in [-0.25, -0.2) is 0 Å². The lowest BCUT2D eigenvalue weighted by Gasteiger charge is -2.26. The van der Waals surface area contributed by atoms with Crippen LogP contribution in [0.2, 0.25) is 0 Å². The molecule has 0 atom stereocenters. The predicted molar refractivity (Wildman–Crippen MR) is 67.9 cm³/mol. The Kier molecular flexibility index (Phi) is 3.77. The molecule has 0 radical (unpaired) electrons. The van der Waals surface area contributed by atoms with Crippen molar-refractivity contribution in [2.24, 2.45) is 17.6 Å². The standard InChI is InChI=1S/C13H19NOS/c1-9-2-7-12(16-9)13(15)11-5-3-10(8-14)4-6-11/h2,7,10-11H,3-6,8,14H2,1H3. The highest BCUT2D eigenvalue weighted by Gasteiger charge is 2.26. The summed E-state index contributed by atoms with van der Waals surface area (Å²) in [6.45, 7) is 2.83. The summed E-state index contributed by atoms with van der Waals surface area (Å²) in [6.07, 6.45) is 4.30. The van der Waals surface area contributed by atoms with E-state index in [1.807, 2.05) is 19.1 Å². The number of hydrogen-bond donors (Lipinski definition) is 1. The average Bonchev–Trinajstić information content (AvgIpc) is 2.75. The molecule has 0 aliphatic heterocycles. The lowest BCUT2D eigenvalue weighted by molar-refractivity contribution is 0.0878. The van der Waals surface area contributed by atoms with Gasteiger partial charge in [0.25, 0.3) is 0 Å². The Morgan fingerprint density at radius 2 is 2.06 bits per heavy atom. The van der Waals surface area contributed by atoms with Crippen LogP contribution in [0.1, 0.15) is 40.2 Å². The predicted octanol–water partition coefficient (Wildman–Crippen LogP) is 3.00. The second kappa shape index (κ2) is 5.11. The molecular weight excluding hydrogens is 218 g/mol. The molecule has 2 rings (SSSR count). The highest BCUT2D eigenvalue weighted by Crippen LogP contribution is 2.31. The van der Waals surface area contributed by atoms with Gasteiger partial charge in [0.2, 0.25) is 0 Å². The fraction of sp³-hybridized carbons (Fsp3) is 0.615. The minimum atomic E-state index is 0.251. The number of aryl methyl sites for hydroxylation is 1. The Balaban J connectivity index is 1.96. The smallest absolute Gasteiger partial charge is 0.175 e. The molecule has 0 unspecified atom stereocenters. The topological polar surface area (TPSA) is 43.1 Å². The van der Waals surface area contributed by atoms with E-state index in [0.29, 0.717) is 11.7 Å². The van der Waals surface area contributed by atoms with Crippen LogP contribution in [0.5, 0.6) is 0 Å². The van der Waals surface area contributed by atoms with E-state index in [2.05, 4.69) is 0 Å². The zero-order valence-corrected chi connectivity index (χ0v) is 10.6. The molecule has 1 aromatic heterocycles. The number of thiophene rings is 1. The highest BCUT2D eigenvalue weighted by molar-refractivity contribution is 7.14. The number of rotatable bonds is 3. The van der Waals surface area contributed by atoms with Crippen molar-refractivity contribution in [2.45, 2.75) is 32.6 Å². The molecule has 1 heterocycles.